The largest absolute Gasteiger partial charge is 0.477 e. The van der Waals surface area contributed by atoms with Gasteiger partial charge in [-0.2, -0.15) is 5.12 Å². The average Bonchev–Trinajstić information content (AvgIpc) is 2.76. The first kappa shape index (κ1) is 21.3. The van der Waals surface area contributed by atoms with Gasteiger partial charge in [-0.3, -0.25) is 9.69 Å². The van der Waals surface area contributed by atoms with E-state index in [1.807, 2.05) is 0 Å². The number of nitrogens with zero attached hydrogens (tertiary/aromatic N) is 5. The highest BCUT2D eigenvalue weighted by Crippen LogP contribution is 2.28. The minimum Gasteiger partial charge on any atom is -0.477 e. The van der Waals surface area contributed by atoms with E-state index < -0.39 is 11.4 Å². The third-order valence-corrected chi connectivity index (χ3v) is 5.56. The number of hydrogen-bond donors (Lipinski definition) is 1. The highest BCUT2D eigenvalue weighted by Gasteiger charge is 2.22. The van der Waals surface area contributed by atoms with Crippen LogP contribution < -0.4 is 20.3 Å². The molecule has 0 saturated carbocycles. The Morgan fingerprint density at radius 2 is 1.94 bits per heavy atom. The van der Waals surface area contributed by atoms with Gasteiger partial charge in [0.05, 0.1) is 18.3 Å². The van der Waals surface area contributed by atoms with Gasteiger partial charge < -0.3 is 14.6 Å². The third-order valence-electron chi connectivity index (χ3n) is 5.29. The predicted molar refractivity (Wildman–Crippen MR) is 115 cm³/mol. The molecule has 0 spiro atoms. The lowest BCUT2D eigenvalue weighted by Crippen LogP contribution is -2.46. The zero-order valence-electron chi connectivity index (χ0n) is 17.0. The molecule has 3 heterocycles. The van der Waals surface area contributed by atoms with Crippen molar-refractivity contribution in [2.45, 2.75) is 6.54 Å². The van der Waals surface area contributed by atoms with E-state index in [9.17, 15) is 13.7 Å². The van der Waals surface area contributed by atoms with Gasteiger partial charge in [0.25, 0.3) is 5.88 Å². The summed E-state index contributed by atoms with van der Waals surface area (Å²) in [6.45, 7) is 3.07. The van der Waals surface area contributed by atoms with E-state index in [0.29, 0.717) is 48.9 Å². The number of aromatic amines is 1. The summed E-state index contributed by atoms with van der Waals surface area (Å²) in [6.07, 6.45) is 0. The van der Waals surface area contributed by atoms with Crippen LogP contribution in [0.1, 0.15) is 5.56 Å². The molecule has 2 aromatic heterocycles. The number of piperazine rings is 1. The molecule has 1 fully saturated rings. The molecule has 3 aromatic rings. The van der Waals surface area contributed by atoms with Crippen LogP contribution in [0.25, 0.3) is 11.0 Å². The monoisotopic (exact) mass is 450 g/mol. The summed E-state index contributed by atoms with van der Waals surface area (Å²) < 4.78 is 33.1. The molecular formula is C20H21ClF2N6O2. The van der Waals surface area contributed by atoms with Crippen LogP contribution in [0.4, 0.5) is 20.4 Å². The molecule has 1 saturated heterocycles. The number of nitrogens with one attached hydrogen (secondary N) is 1. The fourth-order valence-corrected chi connectivity index (χ4v) is 3.89. The highest BCUT2D eigenvalue weighted by atomic mass is 35.5. The van der Waals surface area contributed by atoms with Crippen molar-refractivity contribution in [1.82, 2.24) is 19.9 Å². The lowest BCUT2D eigenvalue weighted by atomic mass is 10.1. The van der Waals surface area contributed by atoms with Crippen molar-refractivity contribution < 1.29 is 13.6 Å². The maximum absolute atomic E-state index is 15.0. The van der Waals surface area contributed by atoms with Crippen molar-refractivity contribution in [2.24, 2.45) is 0 Å². The fraction of sp³-hybridized carbons (Fsp3) is 0.350. The first-order valence-electron chi connectivity index (χ1n) is 9.66. The van der Waals surface area contributed by atoms with Gasteiger partial charge in [0.15, 0.2) is 16.8 Å². The van der Waals surface area contributed by atoms with Crippen LogP contribution in [0.3, 0.4) is 0 Å². The van der Waals surface area contributed by atoms with Crippen LogP contribution in [0, 0.1) is 5.82 Å². The normalized spacial score (nSPS) is 14.8. The SMILES string of the molecule is COc1nc2ccc(CN3CCN(c4ccc(N(C)F)nc4Cl)CC3)c(F)c2[nH]c1=O. The van der Waals surface area contributed by atoms with Crippen molar-refractivity contribution in [1.29, 1.82) is 0 Å². The lowest BCUT2D eigenvalue weighted by molar-refractivity contribution is 0.247. The number of H-pyrrole nitrogens is 1. The van der Waals surface area contributed by atoms with E-state index in [1.165, 1.54) is 14.2 Å². The minimum atomic E-state index is -0.574. The average molecular weight is 451 g/mol. The van der Waals surface area contributed by atoms with E-state index in [-0.39, 0.29) is 22.4 Å². The smallest absolute Gasteiger partial charge is 0.311 e. The van der Waals surface area contributed by atoms with Crippen LogP contribution in [0.15, 0.2) is 29.1 Å². The summed E-state index contributed by atoms with van der Waals surface area (Å²) in [5, 5.41) is 0.646. The van der Waals surface area contributed by atoms with Gasteiger partial charge in [0.1, 0.15) is 5.52 Å². The Morgan fingerprint density at radius 3 is 2.58 bits per heavy atom. The molecule has 0 unspecified atom stereocenters. The van der Waals surface area contributed by atoms with E-state index >= 15 is 0 Å². The van der Waals surface area contributed by atoms with Crippen molar-refractivity contribution in [3.05, 3.63) is 51.2 Å². The molecule has 0 radical (unpaired) electrons. The molecule has 0 atom stereocenters. The number of benzene rings is 1. The maximum atomic E-state index is 15.0. The van der Waals surface area contributed by atoms with Crippen LogP contribution in [0.5, 0.6) is 5.88 Å². The molecule has 1 aliphatic heterocycles. The molecule has 1 N–H and O–H groups in total. The van der Waals surface area contributed by atoms with E-state index in [1.54, 1.807) is 24.3 Å². The Morgan fingerprint density at radius 1 is 1.19 bits per heavy atom. The maximum Gasteiger partial charge on any atom is 0.311 e. The Balaban J connectivity index is 1.46. The van der Waals surface area contributed by atoms with E-state index in [2.05, 4.69) is 24.8 Å². The van der Waals surface area contributed by atoms with Crippen molar-refractivity contribution in [3.63, 3.8) is 0 Å². The zero-order valence-corrected chi connectivity index (χ0v) is 17.8. The lowest BCUT2D eigenvalue weighted by Gasteiger charge is -2.36. The molecule has 31 heavy (non-hydrogen) atoms. The number of anilines is 2. The number of fused-ring (bicyclic) bond motifs is 1. The van der Waals surface area contributed by atoms with Gasteiger partial charge in [0.2, 0.25) is 0 Å². The summed E-state index contributed by atoms with van der Waals surface area (Å²) in [7, 11) is 2.59. The second kappa shape index (κ2) is 8.64. The minimum absolute atomic E-state index is 0.0673. The molecule has 0 bridgehead atoms. The predicted octanol–water partition coefficient (Wildman–Crippen LogP) is 2.76. The number of ether oxygens (including phenoxy) is 1. The fourth-order valence-electron chi connectivity index (χ4n) is 3.62. The second-order valence-electron chi connectivity index (χ2n) is 7.23. The van der Waals surface area contributed by atoms with Crippen molar-refractivity contribution in [3.8, 4) is 5.88 Å². The topological polar surface area (TPSA) is 77.6 Å². The van der Waals surface area contributed by atoms with Gasteiger partial charge in [-0.05, 0) is 18.2 Å². The van der Waals surface area contributed by atoms with Gasteiger partial charge in [0, 0.05) is 45.3 Å². The van der Waals surface area contributed by atoms with Crippen LogP contribution in [-0.4, -0.2) is 60.2 Å². The number of rotatable bonds is 5. The van der Waals surface area contributed by atoms with Gasteiger partial charge >= 0.3 is 5.56 Å². The Bertz CT molecular complexity index is 1160. The molecule has 0 amide bonds. The van der Waals surface area contributed by atoms with Crippen molar-refractivity contribution in [2.75, 3.05) is 50.4 Å². The number of halogens is 3. The molecule has 11 heteroatoms. The summed E-state index contributed by atoms with van der Waals surface area (Å²) in [5.74, 6) is -0.454. The number of pyridine rings is 1. The quantitative estimate of drug-likeness (QED) is 0.473. The number of methoxy groups -OCH3 is 1. The Kier molecular flexibility index (Phi) is 5.92. The Labute approximate surface area is 182 Å². The van der Waals surface area contributed by atoms with Crippen LogP contribution >= 0.6 is 11.6 Å². The summed E-state index contributed by atoms with van der Waals surface area (Å²) >= 11 is 6.23. The number of aromatic nitrogens is 3. The summed E-state index contributed by atoms with van der Waals surface area (Å²) in [6, 6.07) is 6.65. The molecular weight excluding hydrogens is 430 g/mol. The van der Waals surface area contributed by atoms with Gasteiger partial charge in [-0.15, -0.1) is 0 Å². The van der Waals surface area contributed by atoms with Crippen molar-refractivity contribution >= 4 is 34.1 Å². The second-order valence-corrected chi connectivity index (χ2v) is 7.59. The molecule has 1 aliphatic rings. The molecule has 4 rings (SSSR count). The zero-order chi connectivity index (χ0) is 22.1. The summed E-state index contributed by atoms with van der Waals surface area (Å²) in [4.78, 5) is 26.7. The molecule has 164 valence electrons. The van der Waals surface area contributed by atoms with Crippen LogP contribution in [-0.2, 0) is 6.54 Å². The highest BCUT2D eigenvalue weighted by molar-refractivity contribution is 6.32. The van der Waals surface area contributed by atoms with Gasteiger partial charge in [-0.1, -0.05) is 22.1 Å². The first-order valence-corrected chi connectivity index (χ1v) is 10.0. The molecule has 1 aromatic carbocycles. The van der Waals surface area contributed by atoms with Crippen LogP contribution in [0.2, 0.25) is 5.15 Å². The third kappa shape index (κ3) is 4.26. The van der Waals surface area contributed by atoms with E-state index in [4.69, 9.17) is 16.3 Å². The summed E-state index contributed by atoms with van der Waals surface area (Å²) in [5.41, 5.74) is 1.03. The molecule has 8 nitrogen and oxygen atoms in total. The van der Waals surface area contributed by atoms with E-state index in [0.717, 1.165) is 5.69 Å². The standard InChI is InChI=1S/C20H21ClF2N6O2/c1-27(23)15-6-5-14(18(21)25-15)29-9-7-28(8-10-29)11-12-3-4-13-17(16(12)22)26-19(30)20(24-13)31-2/h3-6H,7-11H2,1-2H3,(H,26,30). The van der Waals surface area contributed by atoms with Gasteiger partial charge in [-0.25, -0.2) is 14.4 Å². The first-order chi connectivity index (χ1) is 14.9. The molecule has 0 aliphatic carbocycles. The Hall–Kier alpha value is -2.98. The number of hydrogen-bond acceptors (Lipinski definition) is 7.